The summed E-state index contributed by atoms with van der Waals surface area (Å²) in [6.45, 7) is 2.20. The van der Waals surface area contributed by atoms with E-state index in [1.165, 1.54) is 29.8 Å². The third-order valence-electron chi connectivity index (χ3n) is 3.14. The maximum Gasteiger partial charge on any atom is 0.257 e. The fraction of sp³-hybridized carbons (Fsp3) is 0.417. The minimum Gasteiger partial charge on any atom is -0.332 e. The molecule has 0 atom stereocenters. The average molecular weight is 313 g/mol. The van der Waals surface area contributed by atoms with Crippen LogP contribution in [0, 0.1) is 0 Å². The molecular weight excluding hydrogens is 300 g/mol. The van der Waals surface area contributed by atoms with Crippen molar-refractivity contribution in [2.75, 3.05) is 0 Å². The maximum absolute atomic E-state index is 12.3. The first kappa shape index (κ1) is 14.1. The first-order chi connectivity index (χ1) is 10.0. The van der Waals surface area contributed by atoms with Crippen LogP contribution in [0.15, 0.2) is 23.5 Å². The maximum atomic E-state index is 12.3. The number of fused-ring (bicyclic) bond motifs is 1. The minimum absolute atomic E-state index is 0.0282. The van der Waals surface area contributed by atoms with E-state index >= 15 is 0 Å². The first-order valence-electron chi connectivity index (χ1n) is 6.33. The zero-order valence-electron chi connectivity index (χ0n) is 11.2. The Labute approximate surface area is 123 Å². The molecule has 0 saturated carbocycles. The van der Waals surface area contributed by atoms with Gasteiger partial charge in [-0.2, -0.15) is 10.2 Å². The van der Waals surface area contributed by atoms with E-state index in [-0.39, 0.29) is 5.91 Å². The van der Waals surface area contributed by atoms with Gasteiger partial charge in [0.1, 0.15) is 6.54 Å². The van der Waals surface area contributed by atoms with E-state index in [1.807, 2.05) is 6.20 Å². The summed E-state index contributed by atoms with van der Waals surface area (Å²) in [5.74, 6) is 0.0282. The van der Waals surface area contributed by atoms with Crippen LogP contribution in [0.3, 0.4) is 0 Å². The molecule has 0 aromatic carbocycles. The van der Waals surface area contributed by atoms with Crippen LogP contribution >= 0.6 is 11.9 Å². The molecule has 0 fully saturated rings. The normalized spacial score (nSPS) is 14.0. The molecule has 0 bridgehead atoms. The summed E-state index contributed by atoms with van der Waals surface area (Å²) in [5, 5.41) is 8.26. The van der Waals surface area contributed by atoms with Crippen molar-refractivity contribution in [1.82, 2.24) is 23.9 Å². The molecule has 1 amide bonds. The van der Waals surface area contributed by atoms with Crippen molar-refractivity contribution in [3.8, 4) is 0 Å². The Morgan fingerprint density at radius 1 is 1.43 bits per heavy atom. The van der Waals surface area contributed by atoms with Crippen molar-refractivity contribution in [1.29, 1.82) is 0 Å². The third kappa shape index (κ3) is 3.07. The molecule has 112 valence electrons. The molecule has 1 aliphatic rings. The predicted molar refractivity (Wildman–Crippen MR) is 71.6 cm³/mol. The third-order valence-corrected chi connectivity index (χ3v) is 3.93. The van der Waals surface area contributed by atoms with Gasteiger partial charge in [0.05, 0.1) is 23.3 Å². The summed E-state index contributed by atoms with van der Waals surface area (Å²) in [6.07, 6.45) is 2.52. The molecule has 2 aromatic heterocycles. The van der Waals surface area contributed by atoms with Gasteiger partial charge in [-0.25, -0.2) is 12.9 Å². The van der Waals surface area contributed by atoms with Crippen LogP contribution in [-0.4, -0.2) is 36.2 Å². The number of alkyl halides is 2. The van der Waals surface area contributed by atoms with E-state index in [0.717, 1.165) is 16.2 Å². The molecule has 0 unspecified atom stereocenters. The molecule has 0 N–H and O–H groups in total. The second kappa shape index (κ2) is 5.47. The van der Waals surface area contributed by atoms with Gasteiger partial charge < -0.3 is 4.90 Å². The SMILES string of the molecule is CC(=O)N1Cc2cn(Sc3cnn(CC(F)F)c3)nc2C1. The Morgan fingerprint density at radius 3 is 2.90 bits per heavy atom. The van der Waals surface area contributed by atoms with Crippen LogP contribution in [0.4, 0.5) is 8.78 Å². The van der Waals surface area contributed by atoms with Crippen LogP contribution in [0.25, 0.3) is 0 Å². The zero-order valence-corrected chi connectivity index (χ0v) is 12.1. The van der Waals surface area contributed by atoms with E-state index in [1.54, 1.807) is 15.2 Å². The number of rotatable bonds is 4. The number of amides is 1. The molecule has 0 spiro atoms. The van der Waals surface area contributed by atoms with Crippen LogP contribution < -0.4 is 0 Å². The van der Waals surface area contributed by atoms with Crippen molar-refractivity contribution in [2.45, 2.75) is 37.9 Å². The van der Waals surface area contributed by atoms with Gasteiger partial charge in [0, 0.05) is 43.4 Å². The fourth-order valence-electron chi connectivity index (χ4n) is 2.14. The number of halogens is 2. The van der Waals surface area contributed by atoms with Gasteiger partial charge in [0.25, 0.3) is 6.43 Å². The van der Waals surface area contributed by atoms with Gasteiger partial charge >= 0.3 is 0 Å². The van der Waals surface area contributed by atoms with E-state index in [2.05, 4.69) is 10.2 Å². The standard InChI is InChI=1S/C12H13F2N5OS/c1-8(20)17-3-9-4-19(16-11(9)6-17)21-10-2-15-18(5-10)7-12(13)14/h2,4-5,12H,3,6-7H2,1H3. The number of carbonyl (C=O) groups excluding carboxylic acids is 1. The van der Waals surface area contributed by atoms with Crippen LogP contribution in [0.5, 0.6) is 0 Å². The largest absolute Gasteiger partial charge is 0.332 e. The first-order valence-corrected chi connectivity index (χ1v) is 7.10. The Hall–Kier alpha value is -1.90. The molecule has 3 heterocycles. The van der Waals surface area contributed by atoms with E-state index in [0.29, 0.717) is 13.1 Å². The van der Waals surface area contributed by atoms with Crippen LogP contribution in [0.2, 0.25) is 0 Å². The van der Waals surface area contributed by atoms with Crippen molar-refractivity contribution in [3.05, 3.63) is 29.8 Å². The summed E-state index contributed by atoms with van der Waals surface area (Å²) < 4.78 is 27.4. The molecular formula is C12H13F2N5OS. The molecule has 1 aliphatic heterocycles. The van der Waals surface area contributed by atoms with Gasteiger partial charge in [-0.15, -0.1) is 0 Å². The number of hydrogen-bond donors (Lipinski definition) is 0. The summed E-state index contributed by atoms with van der Waals surface area (Å²) >= 11 is 1.30. The quantitative estimate of drug-likeness (QED) is 0.863. The Morgan fingerprint density at radius 2 is 2.24 bits per heavy atom. The molecule has 2 aromatic rings. The summed E-state index contributed by atoms with van der Waals surface area (Å²) in [7, 11) is 0. The zero-order chi connectivity index (χ0) is 15.0. The van der Waals surface area contributed by atoms with Crippen molar-refractivity contribution in [2.24, 2.45) is 0 Å². The van der Waals surface area contributed by atoms with E-state index in [9.17, 15) is 13.6 Å². The summed E-state index contributed by atoms with van der Waals surface area (Å²) in [4.78, 5) is 13.7. The Balaban J connectivity index is 1.66. The van der Waals surface area contributed by atoms with Crippen molar-refractivity contribution in [3.63, 3.8) is 0 Å². The van der Waals surface area contributed by atoms with E-state index in [4.69, 9.17) is 0 Å². The Kier molecular flexibility index (Phi) is 3.66. The second-order valence-electron chi connectivity index (χ2n) is 4.76. The summed E-state index contributed by atoms with van der Waals surface area (Å²) in [5.41, 5.74) is 1.88. The molecule has 0 radical (unpaired) electrons. The highest BCUT2D eigenvalue weighted by atomic mass is 32.2. The van der Waals surface area contributed by atoms with Gasteiger partial charge in [-0.1, -0.05) is 0 Å². The second-order valence-corrected chi connectivity index (χ2v) is 5.79. The highest BCUT2D eigenvalue weighted by Crippen LogP contribution is 2.26. The number of nitrogens with zero attached hydrogens (tertiary/aromatic N) is 5. The molecule has 0 saturated heterocycles. The van der Waals surface area contributed by atoms with Crippen LogP contribution in [-0.2, 0) is 24.4 Å². The van der Waals surface area contributed by atoms with Crippen LogP contribution in [0.1, 0.15) is 18.2 Å². The van der Waals surface area contributed by atoms with Crippen molar-refractivity contribution < 1.29 is 13.6 Å². The molecule has 0 aliphatic carbocycles. The predicted octanol–water partition coefficient (Wildman–Crippen LogP) is 1.76. The highest BCUT2D eigenvalue weighted by molar-refractivity contribution is 7.97. The topological polar surface area (TPSA) is 56.0 Å². The fourth-order valence-corrected chi connectivity index (χ4v) is 2.94. The Bertz CT molecular complexity index is 645. The minimum atomic E-state index is -2.42. The monoisotopic (exact) mass is 313 g/mol. The lowest BCUT2D eigenvalue weighted by Gasteiger charge is -2.11. The number of carbonyl (C=O) groups is 1. The van der Waals surface area contributed by atoms with Gasteiger partial charge in [0.2, 0.25) is 5.91 Å². The van der Waals surface area contributed by atoms with Gasteiger partial charge in [-0.3, -0.25) is 9.48 Å². The molecule has 21 heavy (non-hydrogen) atoms. The molecule has 9 heteroatoms. The number of hydrogen-bond acceptors (Lipinski definition) is 4. The summed E-state index contributed by atoms with van der Waals surface area (Å²) in [6, 6.07) is 0. The smallest absolute Gasteiger partial charge is 0.257 e. The van der Waals surface area contributed by atoms with Gasteiger partial charge in [0.15, 0.2) is 0 Å². The molecule has 3 rings (SSSR count). The molecule has 6 nitrogen and oxygen atoms in total. The van der Waals surface area contributed by atoms with E-state index < -0.39 is 13.0 Å². The number of aromatic nitrogens is 4. The lowest BCUT2D eigenvalue weighted by atomic mass is 10.3. The average Bonchev–Trinajstić information content (AvgIpc) is 3.03. The van der Waals surface area contributed by atoms with Crippen molar-refractivity contribution >= 4 is 17.9 Å². The lowest BCUT2D eigenvalue weighted by molar-refractivity contribution is -0.129. The lowest BCUT2D eigenvalue weighted by Crippen LogP contribution is -2.22. The highest BCUT2D eigenvalue weighted by Gasteiger charge is 2.24. The van der Waals surface area contributed by atoms with Gasteiger partial charge in [-0.05, 0) is 0 Å².